The van der Waals surface area contributed by atoms with E-state index in [1.807, 2.05) is 12.1 Å². The fraction of sp³-hybridized carbons (Fsp3) is 0.263. The molecule has 2 aromatic carbocycles. The zero-order valence-corrected chi connectivity index (χ0v) is 16.5. The van der Waals surface area contributed by atoms with Gasteiger partial charge in [0.05, 0.1) is 18.8 Å². The SMILES string of the molecule is CN(CCOc1ccccc1F)CC(=O)NCC(=O)Nc1ccccc1Br. The van der Waals surface area contributed by atoms with Crippen molar-refractivity contribution in [2.45, 2.75) is 0 Å². The van der Waals surface area contributed by atoms with Crippen LogP contribution in [0.3, 0.4) is 0 Å². The molecule has 8 heteroatoms. The summed E-state index contributed by atoms with van der Waals surface area (Å²) in [7, 11) is 1.74. The highest BCUT2D eigenvalue weighted by molar-refractivity contribution is 9.10. The van der Waals surface area contributed by atoms with Crippen molar-refractivity contribution in [2.24, 2.45) is 0 Å². The standard InChI is InChI=1S/C19H21BrFN3O3/c1-24(10-11-27-17-9-5-3-7-15(17)21)13-19(26)22-12-18(25)23-16-8-4-2-6-14(16)20/h2-9H,10-13H2,1H3,(H,22,26)(H,23,25). The van der Waals surface area contributed by atoms with Crippen LogP contribution in [0.15, 0.2) is 53.0 Å². The van der Waals surface area contributed by atoms with Crippen LogP contribution in [0.5, 0.6) is 5.75 Å². The molecular formula is C19H21BrFN3O3. The van der Waals surface area contributed by atoms with Gasteiger partial charge < -0.3 is 15.4 Å². The van der Waals surface area contributed by atoms with Crippen LogP contribution in [0.25, 0.3) is 0 Å². The second kappa shape index (κ2) is 10.6. The second-order valence-electron chi connectivity index (χ2n) is 5.82. The van der Waals surface area contributed by atoms with Crippen molar-refractivity contribution in [3.05, 3.63) is 58.8 Å². The van der Waals surface area contributed by atoms with Crippen molar-refractivity contribution in [3.63, 3.8) is 0 Å². The number of ether oxygens (including phenoxy) is 1. The quantitative estimate of drug-likeness (QED) is 0.632. The third-order valence-electron chi connectivity index (χ3n) is 3.57. The topological polar surface area (TPSA) is 70.7 Å². The van der Waals surface area contributed by atoms with E-state index in [-0.39, 0.29) is 37.3 Å². The monoisotopic (exact) mass is 437 g/mol. The maximum atomic E-state index is 13.4. The normalized spacial score (nSPS) is 10.5. The third kappa shape index (κ3) is 7.36. The molecule has 2 rings (SSSR count). The molecule has 0 saturated carbocycles. The van der Waals surface area contributed by atoms with Gasteiger partial charge in [-0.1, -0.05) is 24.3 Å². The lowest BCUT2D eigenvalue weighted by atomic mass is 10.3. The summed E-state index contributed by atoms with van der Waals surface area (Å²) in [5.74, 6) is -0.848. The number of hydrogen-bond acceptors (Lipinski definition) is 4. The number of carbonyl (C=O) groups is 2. The maximum absolute atomic E-state index is 13.4. The molecule has 0 atom stereocenters. The molecule has 0 bridgehead atoms. The van der Waals surface area contributed by atoms with Crippen molar-refractivity contribution < 1.29 is 18.7 Å². The number of likely N-dealkylation sites (N-methyl/N-ethyl adjacent to an activating group) is 1. The van der Waals surface area contributed by atoms with E-state index in [0.29, 0.717) is 12.2 Å². The van der Waals surface area contributed by atoms with Gasteiger partial charge in [0.25, 0.3) is 0 Å². The Morgan fingerprint density at radius 2 is 1.81 bits per heavy atom. The van der Waals surface area contributed by atoms with E-state index >= 15 is 0 Å². The summed E-state index contributed by atoms with van der Waals surface area (Å²) in [5, 5.41) is 5.27. The van der Waals surface area contributed by atoms with Gasteiger partial charge in [0.1, 0.15) is 6.61 Å². The number of para-hydroxylation sites is 2. The smallest absolute Gasteiger partial charge is 0.243 e. The van der Waals surface area contributed by atoms with E-state index in [9.17, 15) is 14.0 Å². The van der Waals surface area contributed by atoms with Gasteiger partial charge in [0.2, 0.25) is 11.8 Å². The van der Waals surface area contributed by atoms with E-state index in [1.54, 1.807) is 42.3 Å². The molecule has 2 aromatic rings. The number of anilines is 1. The Hall–Kier alpha value is -2.45. The molecule has 0 aliphatic rings. The Kier molecular flexibility index (Phi) is 8.22. The van der Waals surface area contributed by atoms with Crippen molar-refractivity contribution in [1.29, 1.82) is 0 Å². The first kappa shape index (κ1) is 20.9. The molecule has 0 aliphatic heterocycles. The van der Waals surface area contributed by atoms with Gasteiger partial charge in [-0.05, 0) is 47.2 Å². The Morgan fingerprint density at radius 1 is 1.11 bits per heavy atom. The average Bonchev–Trinajstić information content (AvgIpc) is 2.63. The molecule has 0 radical (unpaired) electrons. The predicted octanol–water partition coefficient (Wildman–Crippen LogP) is 2.65. The molecule has 27 heavy (non-hydrogen) atoms. The number of benzene rings is 2. The molecule has 2 N–H and O–H groups in total. The summed E-state index contributed by atoms with van der Waals surface area (Å²) in [6, 6.07) is 13.4. The minimum Gasteiger partial charge on any atom is -0.489 e. The zero-order valence-electron chi connectivity index (χ0n) is 14.9. The van der Waals surface area contributed by atoms with Crippen LogP contribution < -0.4 is 15.4 Å². The summed E-state index contributed by atoms with van der Waals surface area (Å²) in [4.78, 5) is 25.5. The molecule has 0 heterocycles. The van der Waals surface area contributed by atoms with Gasteiger partial charge in [0.15, 0.2) is 11.6 Å². The van der Waals surface area contributed by atoms with Crippen molar-refractivity contribution in [2.75, 3.05) is 38.6 Å². The van der Waals surface area contributed by atoms with Crippen LogP contribution >= 0.6 is 15.9 Å². The number of carbonyl (C=O) groups excluding carboxylic acids is 2. The number of hydrogen-bond donors (Lipinski definition) is 2. The third-order valence-corrected chi connectivity index (χ3v) is 4.27. The van der Waals surface area contributed by atoms with Gasteiger partial charge in [-0.2, -0.15) is 0 Å². The number of nitrogens with one attached hydrogen (secondary N) is 2. The molecule has 144 valence electrons. The van der Waals surface area contributed by atoms with E-state index in [4.69, 9.17) is 4.74 Å². The molecule has 0 saturated heterocycles. The highest BCUT2D eigenvalue weighted by Gasteiger charge is 2.10. The Bertz CT molecular complexity index is 788. The van der Waals surface area contributed by atoms with Gasteiger partial charge >= 0.3 is 0 Å². The fourth-order valence-electron chi connectivity index (χ4n) is 2.19. The molecule has 0 fully saturated rings. The van der Waals surface area contributed by atoms with E-state index in [2.05, 4.69) is 26.6 Å². The van der Waals surface area contributed by atoms with Crippen molar-refractivity contribution >= 4 is 33.4 Å². The molecule has 6 nitrogen and oxygen atoms in total. The molecule has 0 spiro atoms. The van der Waals surface area contributed by atoms with E-state index in [1.165, 1.54) is 6.07 Å². The number of halogens is 2. The summed E-state index contributed by atoms with van der Waals surface area (Å²) < 4.78 is 19.5. The first-order chi connectivity index (χ1) is 13.0. The van der Waals surface area contributed by atoms with Crippen LogP contribution in [0.4, 0.5) is 10.1 Å². The highest BCUT2D eigenvalue weighted by Crippen LogP contribution is 2.20. The maximum Gasteiger partial charge on any atom is 0.243 e. The van der Waals surface area contributed by atoms with Crippen LogP contribution in [0, 0.1) is 5.82 Å². The summed E-state index contributed by atoms with van der Waals surface area (Å²) in [6.07, 6.45) is 0. The minimum absolute atomic E-state index is 0.100. The van der Waals surface area contributed by atoms with Gasteiger partial charge in [0, 0.05) is 11.0 Å². The number of nitrogens with zero attached hydrogens (tertiary/aromatic N) is 1. The van der Waals surface area contributed by atoms with E-state index < -0.39 is 5.82 Å². The summed E-state index contributed by atoms with van der Waals surface area (Å²) in [6.45, 7) is 0.654. The average molecular weight is 438 g/mol. The van der Waals surface area contributed by atoms with Crippen molar-refractivity contribution in [1.82, 2.24) is 10.2 Å². The first-order valence-corrected chi connectivity index (χ1v) is 9.12. The fourth-order valence-corrected chi connectivity index (χ4v) is 2.57. The summed E-state index contributed by atoms with van der Waals surface area (Å²) >= 11 is 3.34. The predicted molar refractivity (Wildman–Crippen MR) is 105 cm³/mol. The van der Waals surface area contributed by atoms with Gasteiger partial charge in [-0.15, -0.1) is 0 Å². The Labute approximate surface area is 165 Å². The van der Waals surface area contributed by atoms with Crippen molar-refractivity contribution in [3.8, 4) is 5.75 Å². The lowest BCUT2D eigenvalue weighted by Crippen LogP contribution is -2.40. The minimum atomic E-state index is -0.422. The van der Waals surface area contributed by atoms with Crippen LogP contribution in [-0.4, -0.2) is 50.0 Å². The number of rotatable bonds is 9. The van der Waals surface area contributed by atoms with Gasteiger partial charge in [-0.25, -0.2) is 4.39 Å². The van der Waals surface area contributed by atoms with Crippen LogP contribution in [0.1, 0.15) is 0 Å². The first-order valence-electron chi connectivity index (χ1n) is 8.32. The molecule has 0 aromatic heterocycles. The molecule has 0 unspecified atom stereocenters. The zero-order chi connectivity index (χ0) is 19.6. The largest absolute Gasteiger partial charge is 0.489 e. The van der Waals surface area contributed by atoms with E-state index in [0.717, 1.165) is 4.47 Å². The molecular weight excluding hydrogens is 417 g/mol. The van der Waals surface area contributed by atoms with Crippen LogP contribution in [0.2, 0.25) is 0 Å². The summed E-state index contributed by atoms with van der Waals surface area (Å²) in [5.41, 5.74) is 0.638. The number of amides is 2. The Morgan fingerprint density at radius 3 is 2.56 bits per heavy atom. The van der Waals surface area contributed by atoms with Gasteiger partial charge in [-0.3, -0.25) is 14.5 Å². The Balaban J connectivity index is 1.65. The highest BCUT2D eigenvalue weighted by atomic mass is 79.9. The lowest BCUT2D eigenvalue weighted by Gasteiger charge is -2.16. The molecule has 0 aliphatic carbocycles. The second-order valence-corrected chi connectivity index (χ2v) is 6.68. The lowest BCUT2D eigenvalue weighted by molar-refractivity contribution is -0.124. The van der Waals surface area contributed by atoms with Crippen LogP contribution in [-0.2, 0) is 9.59 Å². The molecule has 2 amide bonds.